The first-order valence-electron chi connectivity index (χ1n) is 8.22. The van der Waals surface area contributed by atoms with Crippen molar-refractivity contribution in [2.45, 2.75) is 38.8 Å². The molecule has 1 N–H and O–H groups in total. The molecule has 5 nitrogen and oxygen atoms in total. The lowest BCUT2D eigenvalue weighted by atomic mass is 10.1. The molecule has 0 bridgehead atoms. The number of nitrogens with zero attached hydrogens (tertiary/aromatic N) is 3. The Kier molecular flexibility index (Phi) is 4.33. The van der Waals surface area contributed by atoms with Crippen molar-refractivity contribution in [1.29, 1.82) is 0 Å². The van der Waals surface area contributed by atoms with E-state index in [0.717, 1.165) is 35.6 Å². The minimum absolute atomic E-state index is 0.0292. The summed E-state index contributed by atoms with van der Waals surface area (Å²) in [5.74, 6) is 1.53. The minimum Gasteiger partial charge on any atom is -0.310 e. The highest BCUT2D eigenvalue weighted by atomic mass is 35.5. The number of rotatable bonds is 4. The van der Waals surface area contributed by atoms with Gasteiger partial charge in [-0.05, 0) is 31.2 Å². The lowest BCUT2D eigenvalue weighted by Crippen LogP contribution is -2.35. The van der Waals surface area contributed by atoms with Crippen molar-refractivity contribution >= 4 is 23.2 Å². The predicted octanol–water partition coefficient (Wildman–Crippen LogP) is 2.98. The summed E-state index contributed by atoms with van der Waals surface area (Å²) in [5.41, 5.74) is 2.69. The van der Waals surface area contributed by atoms with Crippen LogP contribution < -0.4 is 5.56 Å². The molecule has 0 atom stereocenters. The van der Waals surface area contributed by atoms with E-state index in [0.29, 0.717) is 35.7 Å². The van der Waals surface area contributed by atoms with E-state index in [2.05, 4.69) is 14.9 Å². The van der Waals surface area contributed by atoms with Crippen molar-refractivity contribution < 1.29 is 0 Å². The normalized spacial score (nSPS) is 17.8. The fraction of sp³-hybridized carbons (Fsp3) is 0.471. The lowest BCUT2D eigenvalue weighted by Gasteiger charge is -2.27. The highest BCUT2D eigenvalue weighted by Gasteiger charge is 2.25. The first-order chi connectivity index (χ1) is 11.6. The van der Waals surface area contributed by atoms with E-state index in [-0.39, 0.29) is 5.56 Å². The van der Waals surface area contributed by atoms with Crippen LogP contribution in [0.3, 0.4) is 0 Å². The van der Waals surface area contributed by atoms with Gasteiger partial charge in [-0.2, -0.15) is 0 Å². The van der Waals surface area contributed by atoms with Gasteiger partial charge in [-0.15, -0.1) is 0 Å². The zero-order chi connectivity index (χ0) is 16.7. The van der Waals surface area contributed by atoms with Gasteiger partial charge in [0.15, 0.2) is 0 Å². The molecule has 2 aliphatic rings. The number of halogens is 2. The molecule has 2 aromatic rings. The molecule has 0 unspecified atom stereocenters. The first kappa shape index (κ1) is 16.1. The van der Waals surface area contributed by atoms with Gasteiger partial charge in [0.1, 0.15) is 16.1 Å². The molecule has 1 aliphatic heterocycles. The van der Waals surface area contributed by atoms with Gasteiger partial charge in [-0.3, -0.25) is 9.69 Å². The highest BCUT2D eigenvalue weighted by molar-refractivity contribution is 6.32. The van der Waals surface area contributed by atoms with E-state index in [1.165, 1.54) is 12.8 Å². The van der Waals surface area contributed by atoms with Crippen LogP contribution >= 0.6 is 23.2 Å². The zero-order valence-corrected chi connectivity index (χ0v) is 14.7. The fourth-order valence-corrected chi connectivity index (χ4v) is 3.58. The van der Waals surface area contributed by atoms with Gasteiger partial charge < -0.3 is 4.98 Å². The first-order valence-corrected chi connectivity index (χ1v) is 8.98. The van der Waals surface area contributed by atoms with Gasteiger partial charge in [0.05, 0.1) is 5.69 Å². The lowest BCUT2D eigenvalue weighted by molar-refractivity contribution is 0.240. The van der Waals surface area contributed by atoms with Crippen LogP contribution in [0, 0.1) is 5.92 Å². The van der Waals surface area contributed by atoms with Crippen LogP contribution in [0.4, 0.5) is 0 Å². The Balaban J connectivity index is 1.53. The molecule has 0 spiro atoms. The smallest absolute Gasteiger partial charge is 0.254 e. The molecular formula is C17H18Cl2N4O. The maximum Gasteiger partial charge on any atom is 0.254 e. The predicted molar refractivity (Wildman–Crippen MR) is 93.4 cm³/mol. The summed E-state index contributed by atoms with van der Waals surface area (Å²) in [5, 5.41) is 0.826. The summed E-state index contributed by atoms with van der Waals surface area (Å²) in [4.78, 5) is 26.3. The third kappa shape index (κ3) is 3.48. The monoisotopic (exact) mass is 364 g/mol. The second-order valence-electron chi connectivity index (χ2n) is 6.63. The highest BCUT2D eigenvalue weighted by Crippen LogP contribution is 2.31. The van der Waals surface area contributed by atoms with Crippen molar-refractivity contribution in [1.82, 2.24) is 19.9 Å². The Morgan fingerprint density at radius 3 is 2.83 bits per heavy atom. The molecule has 4 rings (SSSR count). The Labute approximate surface area is 150 Å². The van der Waals surface area contributed by atoms with Gasteiger partial charge >= 0.3 is 0 Å². The fourth-order valence-electron chi connectivity index (χ4n) is 3.17. The second-order valence-corrected chi connectivity index (χ2v) is 7.38. The third-order valence-corrected chi connectivity index (χ3v) is 5.20. The summed E-state index contributed by atoms with van der Waals surface area (Å²) in [6.45, 7) is 2.14. The number of fused-ring (bicyclic) bond motifs is 1. The largest absolute Gasteiger partial charge is 0.310 e. The molecule has 0 amide bonds. The molecule has 3 heterocycles. The van der Waals surface area contributed by atoms with Gasteiger partial charge in [-0.25, -0.2) is 9.97 Å². The van der Waals surface area contributed by atoms with Crippen molar-refractivity contribution in [2.75, 3.05) is 6.54 Å². The molecule has 2 aromatic heterocycles. The van der Waals surface area contributed by atoms with Gasteiger partial charge in [0.2, 0.25) is 0 Å². The van der Waals surface area contributed by atoms with Crippen molar-refractivity contribution in [3.05, 3.63) is 55.4 Å². The van der Waals surface area contributed by atoms with Crippen LogP contribution in [-0.2, 0) is 25.9 Å². The number of pyridine rings is 1. The number of hydrogen-bond acceptors (Lipinski definition) is 4. The standard InChI is InChI=1S/C17H18Cl2N4O/c18-14-4-3-11(16(19)21-14)8-23-6-5-12-13(9-23)20-15(22-17(12)24)7-10-1-2-10/h3-4,10H,1-2,5-9H2,(H,20,22,24). The van der Waals surface area contributed by atoms with Crippen LogP contribution in [0.1, 0.15) is 35.5 Å². The number of aromatic nitrogens is 3. The maximum atomic E-state index is 12.3. The number of nitrogens with one attached hydrogen (secondary N) is 1. The number of H-pyrrole nitrogens is 1. The molecule has 126 valence electrons. The third-order valence-electron chi connectivity index (χ3n) is 4.67. The van der Waals surface area contributed by atoms with Crippen molar-refractivity contribution in [3.63, 3.8) is 0 Å². The van der Waals surface area contributed by atoms with E-state index >= 15 is 0 Å². The molecule has 1 fully saturated rings. The maximum absolute atomic E-state index is 12.3. The summed E-state index contributed by atoms with van der Waals surface area (Å²) in [6.07, 6.45) is 4.08. The van der Waals surface area contributed by atoms with E-state index in [1.807, 2.05) is 6.07 Å². The van der Waals surface area contributed by atoms with Gasteiger partial charge in [0.25, 0.3) is 5.56 Å². The van der Waals surface area contributed by atoms with E-state index in [9.17, 15) is 4.79 Å². The van der Waals surface area contributed by atoms with Crippen LogP contribution in [-0.4, -0.2) is 26.4 Å². The van der Waals surface area contributed by atoms with E-state index in [1.54, 1.807) is 6.07 Å². The second kappa shape index (κ2) is 6.47. The Morgan fingerprint density at radius 2 is 2.08 bits per heavy atom. The van der Waals surface area contributed by atoms with Crippen molar-refractivity contribution in [3.8, 4) is 0 Å². The molecule has 24 heavy (non-hydrogen) atoms. The molecular weight excluding hydrogens is 347 g/mol. The summed E-state index contributed by atoms with van der Waals surface area (Å²) < 4.78 is 0. The zero-order valence-electron chi connectivity index (χ0n) is 13.2. The average molecular weight is 365 g/mol. The number of aromatic amines is 1. The quantitative estimate of drug-likeness (QED) is 0.847. The Morgan fingerprint density at radius 1 is 1.25 bits per heavy atom. The van der Waals surface area contributed by atoms with Crippen LogP contribution in [0.15, 0.2) is 16.9 Å². The molecule has 7 heteroatoms. The Bertz CT molecular complexity index is 832. The van der Waals surface area contributed by atoms with Gasteiger partial charge in [0, 0.05) is 37.2 Å². The van der Waals surface area contributed by atoms with Crippen LogP contribution in [0.25, 0.3) is 0 Å². The summed E-state index contributed by atoms with van der Waals surface area (Å²) in [7, 11) is 0. The minimum atomic E-state index is 0.0292. The van der Waals surface area contributed by atoms with Crippen LogP contribution in [0.2, 0.25) is 10.3 Å². The summed E-state index contributed by atoms with van der Waals surface area (Å²) in [6, 6.07) is 3.65. The molecule has 0 saturated heterocycles. The number of hydrogen-bond donors (Lipinski definition) is 1. The molecule has 0 aromatic carbocycles. The van der Waals surface area contributed by atoms with Crippen LogP contribution in [0.5, 0.6) is 0 Å². The van der Waals surface area contributed by atoms with Crippen molar-refractivity contribution in [2.24, 2.45) is 5.92 Å². The molecule has 1 saturated carbocycles. The average Bonchev–Trinajstić information content (AvgIpc) is 3.34. The summed E-state index contributed by atoms with van der Waals surface area (Å²) >= 11 is 12.0. The Hall–Kier alpha value is -1.43. The SMILES string of the molecule is O=c1[nH]c(CC2CC2)nc2c1CCN(Cc1ccc(Cl)nc1Cl)C2. The van der Waals surface area contributed by atoms with Gasteiger partial charge in [-0.1, -0.05) is 29.3 Å². The van der Waals surface area contributed by atoms with E-state index < -0.39 is 0 Å². The van der Waals surface area contributed by atoms with E-state index in [4.69, 9.17) is 28.2 Å². The topological polar surface area (TPSA) is 61.9 Å². The molecule has 0 radical (unpaired) electrons. The molecule has 1 aliphatic carbocycles.